The van der Waals surface area contributed by atoms with Crippen molar-refractivity contribution in [3.63, 3.8) is 0 Å². The molecule has 0 aromatic carbocycles. The van der Waals surface area contributed by atoms with E-state index in [0.29, 0.717) is 17.4 Å². The number of rotatable bonds is 7. The van der Waals surface area contributed by atoms with Gasteiger partial charge in [0.05, 0.1) is 0 Å². The third-order valence-electron chi connectivity index (χ3n) is 2.33. The van der Waals surface area contributed by atoms with Crippen molar-refractivity contribution in [3.8, 4) is 0 Å². The summed E-state index contributed by atoms with van der Waals surface area (Å²) in [4.78, 5) is 8.19. The third kappa shape index (κ3) is 5.31. The Morgan fingerprint density at radius 3 is 2.72 bits per heavy atom. The Morgan fingerprint density at radius 2 is 2.11 bits per heavy atom. The molecule has 0 aliphatic rings. The Morgan fingerprint density at radius 1 is 1.44 bits per heavy atom. The van der Waals surface area contributed by atoms with Crippen LogP contribution in [0.2, 0.25) is 0 Å². The van der Waals surface area contributed by atoms with Gasteiger partial charge in [0.25, 0.3) is 0 Å². The molecule has 0 radical (unpaired) electrons. The van der Waals surface area contributed by atoms with Crippen LogP contribution in [0.4, 0.5) is 17.6 Å². The van der Waals surface area contributed by atoms with Crippen LogP contribution in [0.5, 0.6) is 0 Å². The number of hydrogen-bond donors (Lipinski definition) is 3. The zero-order valence-electron chi connectivity index (χ0n) is 11.1. The average molecular weight is 271 g/mol. The Kier molecular flexibility index (Phi) is 5.84. The van der Waals surface area contributed by atoms with E-state index in [2.05, 4.69) is 20.6 Å². The standard InChI is InChI=1S/C11H21N5OS/c1-4-13-9-7-10(16-11(12)15-9)14-8(2)5-6-18(3)17/h7-8H,4-6H2,1-3H3,(H4,12,13,14,15,16). The molecular formula is C11H21N5OS. The van der Waals surface area contributed by atoms with Gasteiger partial charge in [-0.25, -0.2) is 0 Å². The first-order valence-electron chi connectivity index (χ1n) is 5.96. The summed E-state index contributed by atoms with van der Waals surface area (Å²) in [5, 5.41) is 6.32. The van der Waals surface area contributed by atoms with Crippen molar-refractivity contribution >= 4 is 28.4 Å². The van der Waals surface area contributed by atoms with Crippen molar-refractivity contribution in [2.75, 3.05) is 34.9 Å². The van der Waals surface area contributed by atoms with Crippen LogP contribution in [-0.4, -0.2) is 38.8 Å². The lowest BCUT2D eigenvalue weighted by atomic mass is 10.2. The molecule has 0 fully saturated rings. The second kappa shape index (κ2) is 7.15. The van der Waals surface area contributed by atoms with E-state index in [9.17, 15) is 4.21 Å². The van der Waals surface area contributed by atoms with Crippen LogP contribution >= 0.6 is 0 Å². The maximum atomic E-state index is 11.0. The topological polar surface area (TPSA) is 92.9 Å². The summed E-state index contributed by atoms with van der Waals surface area (Å²) in [5.74, 6) is 2.31. The van der Waals surface area contributed by atoms with Crippen molar-refractivity contribution in [1.29, 1.82) is 0 Å². The molecular weight excluding hydrogens is 250 g/mol. The summed E-state index contributed by atoms with van der Waals surface area (Å²) in [5.41, 5.74) is 5.64. The summed E-state index contributed by atoms with van der Waals surface area (Å²) in [6.45, 7) is 4.79. The number of nitrogens with two attached hydrogens (primary N) is 1. The van der Waals surface area contributed by atoms with Crippen LogP contribution in [0.1, 0.15) is 20.3 Å². The first-order valence-corrected chi connectivity index (χ1v) is 7.69. The van der Waals surface area contributed by atoms with Gasteiger partial charge in [-0.15, -0.1) is 0 Å². The largest absolute Gasteiger partial charge is 0.370 e. The lowest BCUT2D eigenvalue weighted by molar-refractivity contribution is 0.678. The lowest BCUT2D eigenvalue weighted by Crippen LogP contribution is -2.19. The molecule has 7 heteroatoms. The van der Waals surface area contributed by atoms with Crippen LogP contribution in [0.15, 0.2) is 6.07 Å². The molecule has 1 heterocycles. The maximum absolute atomic E-state index is 11.0. The number of nitrogens with one attached hydrogen (secondary N) is 2. The molecule has 18 heavy (non-hydrogen) atoms. The SMILES string of the molecule is CCNc1cc(NC(C)CCS(C)=O)nc(N)n1. The highest BCUT2D eigenvalue weighted by Crippen LogP contribution is 2.14. The number of nitrogens with zero attached hydrogens (tertiary/aromatic N) is 2. The molecule has 4 N–H and O–H groups in total. The van der Waals surface area contributed by atoms with Crippen LogP contribution in [0, 0.1) is 0 Å². The Labute approximate surface area is 110 Å². The highest BCUT2D eigenvalue weighted by Gasteiger charge is 2.06. The van der Waals surface area contributed by atoms with Crippen LogP contribution < -0.4 is 16.4 Å². The van der Waals surface area contributed by atoms with E-state index in [1.54, 1.807) is 6.26 Å². The van der Waals surface area contributed by atoms with Gasteiger partial charge in [0.1, 0.15) is 11.6 Å². The van der Waals surface area contributed by atoms with Crippen molar-refractivity contribution in [3.05, 3.63) is 6.07 Å². The highest BCUT2D eigenvalue weighted by atomic mass is 32.2. The number of aromatic nitrogens is 2. The van der Waals surface area contributed by atoms with E-state index in [0.717, 1.165) is 13.0 Å². The zero-order valence-corrected chi connectivity index (χ0v) is 11.9. The normalized spacial score (nSPS) is 13.9. The van der Waals surface area contributed by atoms with E-state index < -0.39 is 10.8 Å². The van der Waals surface area contributed by atoms with E-state index >= 15 is 0 Å². The summed E-state index contributed by atoms with van der Waals surface area (Å²) in [6.07, 6.45) is 2.53. The van der Waals surface area contributed by atoms with Gasteiger partial charge < -0.3 is 16.4 Å². The van der Waals surface area contributed by atoms with E-state index in [-0.39, 0.29) is 12.0 Å². The van der Waals surface area contributed by atoms with Gasteiger partial charge in [0.15, 0.2) is 0 Å². The fourth-order valence-electron chi connectivity index (χ4n) is 1.48. The summed E-state index contributed by atoms with van der Waals surface area (Å²) >= 11 is 0. The molecule has 0 aliphatic carbocycles. The summed E-state index contributed by atoms with van der Waals surface area (Å²) < 4.78 is 11.0. The van der Waals surface area contributed by atoms with E-state index in [4.69, 9.17) is 5.73 Å². The Hall–Kier alpha value is -1.37. The molecule has 0 bridgehead atoms. The predicted octanol–water partition coefficient (Wildman–Crippen LogP) is 1.06. The van der Waals surface area contributed by atoms with Gasteiger partial charge in [-0.2, -0.15) is 9.97 Å². The van der Waals surface area contributed by atoms with Gasteiger partial charge in [-0.05, 0) is 20.3 Å². The van der Waals surface area contributed by atoms with E-state index in [1.807, 2.05) is 19.9 Å². The van der Waals surface area contributed by atoms with Crippen LogP contribution in [-0.2, 0) is 10.8 Å². The monoisotopic (exact) mass is 271 g/mol. The maximum Gasteiger partial charge on any atom is 0.223 e. The Bertz CT molecular complexity index is 412. The second-order valence-electron chi connectivity index (χ2n) is 4.14. The number of nitrogen functional groups attached to an aromatic ring is 1. The van der Waals surface area contributed by atoms with Crippen LogP contribution in [0.25, 0.3) is 0 Å². The molecule has 2 atom stereocenters. The smallest absolute Gasteiger partial charge is 0.223 e. The minimum atomic E-state index is -0.766. The van der Waals surface area contributed by atoms with Gasteiger partial charge in [0.2, 0.25) is 5.95 Å². The molecule has 0 spiro atoms. The molecule has 0 amide bonds. The first kappa shape index (κ1) is 14.7. The first-order chi connectivity index (χ1) is 8.51. The number of hydrogen-bond acceptors (Lipinski definition) is 6. The van der Waals surface area contributed by atoms with E-state index in [1.165, 1.54) is 0 Å². The molecule has 1 rings (SSSR count). The fraction of sp³-hybridized carbons (Fsp3) is 0.636. The van der Waals surface area contributed by atoms with Gasteiger partial charge in [-0.3, -0.25) is 4.21 Å². The highest BCUT2D eigenvalue weighted by molar-refractivity contribution is 7.84. The minimum Gasteiger partial charge on any atom is -0.370 e. The molecule has 0 saturated carbocycles. The van der Waals surface area contributed by atoms with Crippen molar-refractivity contribution in [2.24, 2.45) is 0 Å². The van der Waals surface area contributed by atoms with Crippen molar-refractivity contribution in [1.82, 2.24) is 9.97 Å². The molecule has 0 aliphatic heterocycles. The molecule has 1 aromatic rings. The predicted molar refractivity (Wildman–Crippen MR) is 77.2 cm³/mol. The summed E-state index contributed by atoms with van der Waals surface area (Å²) in [6, 6.07) is 2.01. The van der Waals surface area contributed by atoms with Crippen molar-refractivity contribution in [2.45, 2.75) is 26.3 Å². The van der Waals surface area contributed by atoms with Crippen LogP contribution in [0.3, 0.4) is 0 Å². The summed E-state index contributed by atoms with van der Waals surface area (Å²) in [7, 11) is -0.766. The second-order valence-corrected chi connectivity index (χ2v) is 5.69. The lowest BCUT2D eigenvalue weighted by Gasteiger charge is -2.14. The Balaban J connectivity index is 2.62. The molecule has 102 valence electrons. The molecule has 1 aromatic heterocycles. The minimum absolute atomic E-state index is 0.192. The molecule has 0 saturated heterocycles. The molecule has 6 nitrogen and oxygen atoms in total. The average Bonchev–Trinajstić information content (AvgIpc) is 2.26. The van der Waals surface area contributed by atoms with Gasteiger partial charge in [0, 0.05) is 41.5 Å². The van der Waals surface area contributed by atoms with Gasteiger partial charge >= 0.3 is 0 Å². The van der Waals surface area contributed by atoms with Gasteiger partial charge in [-0.1, -0.05) is 0 Å². The number of anilines is 3. The zero-order chi connectivity index (χ0) is 13.5. The quantitative estimate of drug-likeness (QED) is 0.686. The molecule has 2 unspecified atom stereocenters. The third-order valence-corrected chi connectivity index (χ3v) is 3.14. The van der Waals surface area contributed by atoms with Crippen molar-refractivity contribution < 1.29 is 4.21 Å². The fourth-order valence-corrected chi connectivity index (χ4v) is 2.16.